The Morgan fingerprint density at radius 2 is 1.40 bits per heavy atom. The number of rotatable bonds is 7. The maximum absolute atomic E-state index is 12.8. The number of anilines is 2. The number of nitrogens with one attached hydrogen (secondary N) is 3. The molecule has 3 N–H and O–H groups in total. The number of aryl methyl sites for hydroxylation is 1. The molecular formula is C30H23IN4O5. The van der Waals surface area contributed by atoms with E-state index in [2.05, 4.69) is 43.8 Å². The number of nitrogens with zero attached hydrogens (tertiary/aromatic N) is 1. The summed E-state index contributed by atoms with van der Waals surface area (Å²) in [6.45, 7) is 1.94. The van der Waals surface area contributed by atoms with Crippen molar-refractivity contribution in [3.05, 3.63) is 123 Å². The molecule has 3 amide bonds. The van der Waals surface area contributed by atoms with Crippen LogP contribution in [0.3, 0.4) is 0 Å². The van der Waals surface area contributed by atoms with Crippen LogP contribution in [0.15, 0.2) is 102 Å². The van der Waals surface area contributed by atoms with Crippen LogP contribution in [0.1, 0.15) is 31.8 Å². The van der Waals surface area contributed by atoms with Crippen molar-refractivity contribution >= 4 is 63.9 Å². The summed E-state index contributed by atoms with van der Waals surface area (Å²) in [5.74, 6) is -2.58. The molecule has 0 atom stereocenters. The second kappa shape index (κ2) is 13.3. The summed E-state index contributed by atoms with van der Waals surface area (Å²) in [5.41, 5.74) is 5.22. The summed E-state index contributed by atoms with van der Waals surface area (Å²) in [6.07, 6.45) is 1.33. The highest BCUT2D eigenvalue weighted by Gasteiger charge is 2.18. The number of para-hydroxylation sites is 1. The Morgan fingerprint density at radius 3 is 2.10 bits per heavy atom. The lowest BCUT2D eigenvalue weighted by Crippen LogP contribution is -2.33. The molecule has 0 saturated carbocycles. The van der Waals surface area contributed by atoms with E-state index in [4.69, 9.17) is 4.74 Å². The Kier molecular flexibility index (Phi) is 9.36. The first-order valence-electron chi connectivity index (χ1n) is 12.0. The molecule has 0 unspecified atom stereocenters. The summed E-state index contributed by atoms with van der Waals surface area (Å²) in [4.78, 5) is 49.8. The van der Waals surface area contributed by atoms with Crippen LogP contribution in [0.25, 0.3) is 0 Å². The van der Waals surface area contributed by atoms with Crippen LogP contribution in [0.4, 0.5) is 11.4 Å². The van der Waals surface area contributed by atoms with Crippen LogP contribution >= 0.6 is 22.6 Å². The topological polar surface area (TPSA) is 126 Å². The van der Waals surface area contributed by atoms with Crippen molar-refractivity contribution in [3.8, 4) is 5.75 Å². The second-order valence-corrected chi connectivity index (χ2v) is 9.62. The number of carbonyl (C=O) groups excluding carboxylic acids is 4. The van der Waals surface area contributed by atoms with E-state index in [0.717, 1.165) is 9.13 Å². The van der Waals surface area contributed by atoms with Crippen molar-refractivity contribution in [2.45, 2.75) is 6.92 Å². The van der Waals surface area contributed by atoms with Gasteiger partial charge in [-0.2, -0.15) is 5.10 Å². The SMILES string of the molecule is Cc1ccc(NC(=O)c2ccccc2NC(=O)C(=O)NN=Cc2ccc(OC(=O)c3ccccc3I)cc2)cc1. The monoisotopic (exact) mass is 646 g/mol. The first-order chi connectivity index (χ1) is 19.3. The van der Waals surface area contributed by atoms with Gasteiger partial charge in [0, 0.05) is 9.26 Å². The quantitative estimate of drug-likeness (QED) is 0.0639. The van der Waals surface area contributed by atoms with Crippen molar-refractivity contribution < 1.29 is 23.9 Å². The molecule has 200 valence electrons. The van der Waals surface area contributed by atoms with Gasteiger partial charge in [0.25, 0.3) is 5.91 Å². The normalized spacial score (nSPS) is 10.6. The Morgan fingerprint density at radius 1 is 0.750 bits per heavy atom. The molecule has 0 spiro atoms. The third-order valence-corrected chi connectivity index (χ3v) is 6.44. The maximum atomic E-state index is 12.8. The summed E-state index contributed by atoms with van der Waals surface area (Å²) in [7, 11) is 0. The minimum Gasteiger partial charge on any atom is -0.423 e. The van der Waals surface area contributed by atoms with Crippen LogP contribution in [0.5, 0.6) is 5.75 Å². The zero-order valence-corrected chi connectivity index (χ0v) is 23.3. The molecular weight excluding hydrogens is 623 g/mol. The number of esters is 1. The van der Waals surface area contributed by atoms with Gasteiger partial charge in [0.1, 0.15) is 5.75 Å². The smallest absolute Gasteiger partial charge is 0.344 e. The number of hydrogen-bond acceptors (Lipinski definition) is 6. The molecule has 4 rings (SSSR count). The fourth-order valence-corrected chi connectivity index (χ4v) is 4.04. The predicted molar refractivity (Wildman–Crippen MR) is 161 cm³/mol. The molecule has 0 radical (unpaired) electrons. The lowest BCUT2D eigenvalue weighted by Gasteiger charge is -2.11. The number of hydrogen-bond donors (Lipinski definition) is 3. The Balaban J connectivity index is 1.31. The summed E-state index contributed by atoms with van der Waals surface area (Å²) < 4.78 is 6.17. The van der Waals surface area contributed by atoms with Gasteiger partial charge in [0.05, 0.1) is 23.0 Å². The molecule has 10 heteroatoms. The fraction of sp³-hybridized carbons (Fsp3) is 0.0333. The van der Waals surface area contributed by atoms with Crippen LogP contribution in [0.2, 0.25) is 0 Å². The molecule has 0 aliphatic heterocycles. The highest BCUT2D eigenvalue weighted by molar-refractivity contribution is 14.1. The van der Waals surface area contributed by atoms with Gasteiger partial charge < -0.3 is 15.4 Å². The van der Waals surface area contributed by atoms with Gasteiger partial charge in [0.15, 0.2) is 0 Å². The lowest BCUT2D eigenvalue weighted by molar-refractivity contribution is -0.136. The molecule has 0 fully saturated rings. The van der Waals surface area contributed by atoms with Gasteiger partial charge in [-0.25, -0.2) is 10.2 Å². The Bertz CT molecular complexity index is 1580. The first-order valence-corrected chi connectivity index (χ1v) is 13.1. The molecule has 4 aromatic carbocycles. The van der Waals surface area contributed by atoms with Gasteiger partial charge in [-0.15, -0.1) is 0 Å². The first kappa shape index (κ1) is 28.2. The van der Waals surface area contributed by atoms with Gasteiger partial charge >= 0.3 is 17.8 Å². The number of hydrazone groups is 1. The molecule has 0 aliphatic carbocycles. The van der Waals surface area contributed by atoms with Gasteiger partial charge in [-0.1, -0.05) is 42.0 Å². The van der Waals surface area contributed by atoms with Crippen LogP contribution < -0.4 is 20.8 Å². The average molecular weight is 646 g/mol. The molecule has 4 aromatic rings. The zero-order valence-electron chi connectivity index (χ0n) is 21.2. The third kappa shape index (κ3) is 7.60. The maximum Gasteiger partial charge on any atom is 0.344 e. The number of carbonyl (C=O) groups is 4. The van der Waals surface area contributed by atoms with Crippen molar-refractivity contribution in [3.63, 3.8) is 0 Å². The number of halogens is 1. The van der Waals surface area contributed by atoms with E-state index in [-0.39, 0.29) is 11.3 Å². The van der Waals surface area contributed by atoms with Gasteiger partial charge in [-0.05, 0) is 95.7 Å². The van der Waals surface area contributed by atoms with E-state index in [0.29, 0.717) is 22.6 Å². The summed E-state index contributed by atoms with van der Waals surface area (Å²) >= 11 is 2.06. The Hall–Kier alpha value is -4.84. The number of amides is 3. The molecule has 0 saturated heterocycles. The van der Waals surface area contributed by atoms with E-state index < -0.39 is 23.7 Å². The summed E-state index contributed by atoms with van der Waals surface area (Å²) in [6, 6.07) is 27.1. The summed E-state index contributed by atoms with van der Waals surface area (Å²) in [5, 5.41) is 9.01. The van der Waals surface area contributed by atoms with Crippen LogP contribution in [-0.4, -0.2) is 29.9 Å². The van der Waals surface area contributed by atoms with Crippen molar-refractivity contribution in [1.29, 1.82) is 0 Å². The molecule has 0 bridgehead atoms. The number of ether oxygens (including phenoxy) is 1. The highest BCUT2D eigenvalue weighted by atomic mass is 127. The van der Waals surface area contributed by atoms with Crippen molar-refractivity contribution in [1.82, 2.24) is 5.43 Å². The standard InChI is InChI=1S/C30H23IN4O5/c1-19-10-14-21(15-11-19)33-27(36)24-7-3-5-9-26(24)34-28(37)29(38)35-32-18-20-12-16-22(17-13-20)40-30(39)23-6-2-4-8-25(23)31/h2-18H,1H3,(H,33,36)(H,34,37)(H,35,38). The average Bonchev–Trinajstić information content (AvgIpc) is 2.95. The fourth-order valence-electron chi connectivity index (χ4n) is 3.43. The zero-order chi connectivity index (χ0) is 28.5. The van der Waals surface area contributed by atoms with Crippen LogP contribution in [-0.2, 0) is 9.59 Å². The minimum absolute atomic E-state index is 0.173. The van der Waals surface area contributed by atoms with Gasteiger partial charge in [0.2, 0.25) is 0 Å². The lowest BCUT2D eigenvalue weighted by atomic mass is 10.1. The van der Waals surface area contributed by atoms with Gasteiger partial charge in [-0.3, -0.25) is 14.4 Å². The largest absolute Gasteiger partial charge is 0.423 e. The number of benzene rings is 4. The predicted octanol–water partition coefficient (Wildman–Crippen LogP) is 5.16. The third-order valence-electron chi connectivity index (χ3n) is 5.50. The van der Waals surface area contributed by atoms with E-state index in [1.807, 2.05) is 31.2 Å². The van der Waals surface area contributed by atoms with E-state index >= 15 is 0 Å². The molecule has 0 aliphatic rings. The highest BCUT2D eigenvalue weighted by Crippen LogP contribution is 2.19. The second-order valence-electron chi connectivity index (χ2n) is 8.46. The van der Waals surface area contributed by atoms with E-state index in [9.17, 15) is 19.2 Å². The van der Waals surface area contributed by atoms with Crippen molar-refractivity contribution in [2.24, 2.45) is 5.10 Å². The molecule has 40 heavy (non-hydrogen) atoms. The van der Waals surface area contributed by atoms with E-state index in [1.54, 1.807) is 60.7 Å². The Labute approximate surface area is 243 Å². The van der Waals surface area contributed by atoms with E-state index in [1.165, 1.54) is 18.3 Å². The molecule has 0 heterocycles. The minimum atomic E-state index is -1.02. The molecule has 9 nitrogen and oxygen atoms in total. The van der Waals surface area contributed by atoms with Crippen LogP contribution in [0, 0.1) is 10.5 Å². The van der Waals surface area contributed by atoms with Crippen molar-refractivity contribution in [2.75, 3.05) is 10.6 Å². The molecule has 0 aromatic heterocycles.